The van der Waals surface area contributed by atoms with Gasteiger partial charge in [-0.25, -0.2) is 10.3 Å². The van der Waals surface area contributed by atoms with Crippen molar-refractivity contribution in [2.75, 3.05) is 19.6 Å². The molecule has 0 radical (unpaired) electrons. The van der Waals surface area contributed by atoms with Gasteiger partial charge in [0.25, 0.3) is 5.91 Å². The predicted molar refractivity (Wildman–Crippen MR) is 78.4 cm³/mol. The first kappa shape index (κ1) is 17.4. The highest BCUT2D eigenvalue weighted by Gasteiger charge is 2.57. The van der Waals surface area contributed by atoms with E-state index in [1.165, 1.54) is 4.90 Å². The van der Waals surface area contributed by atoms with Crippen LogP contribution in [0.4, 0.5) is 4.79 Å². The molecule has 11 nitrogen and oxygen atoms in total. The first-order valence-electron chi connectivity index (χ1n) is 7.51. The molecule has 3 N–H and O–H groups in total. The number of fused-ring (bicyclic) bond motifs is 2. The van der Waals surface area contributed by atoms with Crippen molar-refractivity contribution in [2.45, 2.75) is 38.5 Å². The van der Waals surface area contributed by atoms with Crippen LogP contribution in [0.1, 0.15) is 20.3 Å². The Morgan fingerprint density at radius 2 is 2.08 bits per heavy atom. The number of piperidine rings is 1. The maximum absolute atomic E-state index is 12.4. The van der Waals surface area contributed by atoms with Gasteiger partial charge < -0.3 is 10.2 Å². The lowest BCUT2D eigenvalue weighted by Gasteiger charge is -2.40. The summed E-state index contributed by atoms with van der Waals surface area (Å²) in [5, 5.41) is 3.62. The van der Waals surface area contributed by atoms with Gasteiger partial charge in [0.15, 0.2) is 0 Å². The molecule has 136 valence electrons. The predicted octanol–water partition coefficient (Wildman–Crippen LogP) is -1.35. The van der Waals surface area contributed by atoms with E-state index in [9.17, 15) is 18.0 Å². The number of urea groups is 1. The number of rotatable bonds is 5. The Bertz CT molecular complexity index is 648. The van der Waals surface area contributed by atoms with E-state index in [1.54, 1.807) is 13.8 Å². The second-order valence-corrected chi connectivity index (χ2v) is 7.86. The average molecular weight is 364 g/mol. The molecule has 0 aromatic heterocycles. The highest BCUT2D eigenvalue weighted by molar-refractivity contribution is 7.80. The molecule has 3 saturated heterocycles. The summed E-state index contributed by atoms with van der Waals surface area (Å²) in [6.07, 6.45) is 0.194. The van der Waals surface area contributed by atoms with Gasteiger partial charge in [0, 0.05) is 19.6 Å². The monoisotopic (exact) mass is 364 g/mol. The molecule has 0 aromatic carbocycles. The Hall–Kier alpha value is -1.47. The Labute approximate surface area is 139 Å². The number of nitrogens with one attached hydrogen (secondary N) is 2. The number of hydroxylamine groups is 3. The third-order valence-corrected chi connectivity index (χ3v) is 4.98. The van der Waals surface area contributed by atoms with Crippen LogP contribution in [0.25, 0.3) is 0 Å². The minimum atomic E-state index is -4.84. The molecule has 0 aliphatic carbocycles. The Kier molecular flexibility index (Phi) is 4.20. The van der Waals surface area contributed by atoms with Crippen LogP contribution < -0.4 is 10.8 Å². The fourth-order valence-electron chi connectivity index (χ4n) is 3.14. The lowest BCUT2D eigenvalue weighted by molar-refractivity contribution is -0.148. The van der Waals surface area contributed by atoms with E-state index in [0.29, 0.717) is 24.6 Å². The summed E-state index contributed by atoms with van der Waals surface area (Å²) in [4.78, 5) is 31.2. The summed E-state index contributed by atoms with van der Waals surface area (Å²) in [6.45, 7) is 4.98. The van der Waals surface area contributed by atoms with E-state index >= 15 is 0 Å². The van der Waals surface area contributed by atoms with Gasteiger partial charge in [-0.05, 0) is 11.8 Å². The standard InChI is InChI=1S/C12H20N4O7S/c1-12(2)3-8(10(17)14-22-7-4-13-5-7)15-6-9(12)16(11(15)18)23-24(19,20)21/h7-9,13H,3-6H2,1-2H3,(H,14,17)(H,19,20,21)/t8-,9-/m0/s1. The fourth-order valence-corrected chi connectivity index (χ4v) is 3.51. The van der Waals surface area contributed by atoms with Gasteiger partial charge in [-0.3, -0.25) is 14.2 Å². The number of carbonyl (C=O) groups is 2. The topological polar surface area (TPSA) is 138 Å². The van der Waals surface area contributed by atoms with Crippen LogP contribution in [0.5, 0.6) is 0 Å². The normalized spacial score (nSPS) is 29.5. The summed E-state index contributed by atoms with van der Waals surface area (Å²) < 4.78 is 35.2. The van der Waals surface area contributed by atoms with Gasteiger partial charge in [-0.2, -0.15) is 13.5 Å². The molecule has 0 aromatic rings. The first-order chi connectivity index (χ1) is 11.1. The molecule has 0 unspecified atom stereocenters. The van der Waals surface area contributed by atoms with Crippen LogP contribution in [0.15, 0.2) is 0 Å². The fraction of sp³-hybridized carbons (Fsp3) is 0.833. The zero-order valence-corrected chi connectivity index (χ0v) is 14.1. The van der Waals surface area contributed by atoms with Gasteiger partial charge >= 0.3 is 16.4 Å². The molecule has 12 heteroatoms. The van der Waals surface area contributed by atoms with Gasteiger partial charge in [0.1, 0.15) is 12.1 Å². The zero-order chi connectivity index (χ0) is 17.7. The van der Waals surface area contributed by atoms with E-state index < -0.39 is 39.8 Å². The van der Waals surface area contributed by atoms with E-state index in [0.717, 1.165) is 0 Å². The van der Waals surface area contributed by atoms with Crippen LogP contribution in [0.2, 0.25) is 0 Å². The van der Waals surface area contributed by atoms with Gasteiger partial charge in [-0.1, -0.05) is 13.8 Å². The van der Waals surface area contributed by atoms with Crippen molar-refractivity contribution in [3.8, 4) is 0 Å². The second kappa shape index (κ2) is 5.81. The molecule has 3 aliphatic rings. The van der Waals surface area contributed by atoms with Crippen LogP contribution >= 0.6 is 0 Å². The lowest BCUT2D eigenvalue weighted by atomic mass is 9.76. The molecule has 0 saturated carbocycles. The third-order valence-electron chi connectivity index (χ3n) is 4.63. The smallest absolute Gasteiger partial charge is 0.311 e. The van der Waals surface area contributed by atoms with Crippen molar-refractivity contribution in [3.63, 3.8) is 0 Å². The molecule has 3 fully saturated rings. The number of hydrogen-bond donors (Lipinski definition) is 3. The molecule has 3 rings (SSSR count). The highest BCUT2D eigenvalue weighted by atomic mass is 32.3. The largest absolute Gasteiger partial charge is 0.418 e. The number of nitrogens with zero attached hydrogens (tertiary/aromatic N) is 2. The van der Waals surface area contributed by atoms with Crippen molar-refractivity contribution in [1.82, 2.24) is 20.8 Å². The SMILES string of the molecule is CC1(C)C[C@@H](C(=O)NOC2CNC2)N2C[C@@H]1N(OS(=O)(=O)O)C2=O. The summed E-state index contributed by atoms with van der Waals surface area (Å²) in [5.41, 5.74) is 1.75. The molecule has 3 aliphatic heterocycles. The Balaban J connectivity index is 1.74. The highest BCUT2D eigenvalue weighted by Crippen LogP contribution is 2.42. The van der Waals surface area contributed by atoms with Crippen molar-refractivity contribution in [2.24, 2.45) is 5.41 Å². The molecule has 2 bridgehead atoms. The quantitative estimate of drug-likeness (QED) is 0.402. The lowest BCUT2D eigenvalue weighted by Crippen LogP contribution is -2.57. The molecule has 24 heavy (non-hydrogen) atoms. The maximum atomic E-state index is 12.4. The summed E-state index contributed by atoms with van der Waals surface area (Å²) in [5.74, 6) is -0.476. The number of carbonyl (C=O) groups excluding carboxylic acids is 2. The molecule has 3 heterocycles. The third kappa shape index (κ3) is 3.19. The van der Waals surface area contributed by atoms with Crippen molar-refractivity contribution >= 4 is 22.3 Å². The molecule has 2 atom stereocenters. The van der Waals surface area contributed by atoms with E-state index in [2.05, 4.69) is 15.1 Å². The minimum absolute atomic E-state index is 0.105. The van der Waals surface area contributed by atoms with Gasteiger partial charge in [0.2, 0.25) is 0 Å². The van der Waals surface area contributed by atoms with Gasteiger partial charge in [-0.15, -0.1) is 4.28 Å². The van der Waals surface area contributed by atoms with Crippen LogP contribution in [0, 0.1) is 5.41 Å². The number of hydrogen-bond acceptors (Lipinski definition) is 7. The average Bonchev–Trinajstić information content (AvgIpc) is 2.67. The minimum Gasteiger partial charge on any atom is -0.311 e. The van der Waals surface area contributed by atoms with Crippen molar-refractivity contribution < 1.29 is 31.7 Å². The molecule has 0 spiro atoms. The van der Waals surface area contributed by atoms with Crippen LogP contribution in [-0.4, -0.2) is 72.7 Å². The van der Waals surface area contributed by atoms with Gasteiger partial charge in [0.05, 0.1) is 6.04 Å². The van der Waals surface area contributed by atoms with E-state index in [1.807, 2.05) is 0 Å². The summed E-state index contributed by atoms with van der Waals surface area (Å²) >= 11 is 0. The Morgan fingerprint density at radius 3 is 2.62 bits per heavy atom. The molecular formula is C12H20N4O7S. The van der Waals surface area contributed by atoms with Crippen molar-refractivity contribution in [1.29, 1.82) is 0 Å². The van der Waals surface area contributed by atoms with Crippen LogP contribution in [-0.2, 0) is 24.3 Å². The maximum Gasteiger partial charge on any atom is 0.418 e. The summed E-state index contributed by atoms with van der Waals surface area (Å²) in [7, 11) is -4.84. The zero-order valence-electron chi connectivity index (χ0n) is 13.3. The van der Waals surface area contributed by atoms with Crippen molar-refractivity contribution in [3.05, 3.63) is 0 Å². The molecular weight excluding hydrogens is 344 g/mol. The summed E-state index contributed by atoms with van der Waals surface area (Å²) in [6, 6.07) is -2.20. The van der Waals surface area contributed by atoms with E-state index in [-0.39, 0.29) is 12.6 Å². The van der Waals surface area contributed by atoms with Crippen LogP contribution in [0.3, 0.4) is 0 Å². The number of amides is 3. The second-order valence-electron chi connectivity index (χ2n) is 6.85. The Morgan fingerprint density at radius 1 is 1.42 bits per heavy atom. The first-order valence-corrected chi connectivity index (χ1v) is 8.88. The molecule has 3 amide bonds. The van der Waals surface area contributed by atoms with E-state index in [4.69, 9.17) is 9.39 Å².